The standard InChI is InChI=1S/C19H29N5O2/c1-12(2)26-17-10-15(22-23(17)6)18(25)21-14-8-7-9-16-13(14)11-20-24(16)19(3,4)5/h10-12,14H,7-9H2,1-6H3,(H,21,25). The lowest BCUT2D eigenvalue weighted by Crippen LogP contribution is -2.32. The Balaban J connectivity index is 1.79. The normalized spacial score (nSPS) is 17.3. The second-order valence-corrected chi connectivity index (χ2v) is 8.21. The maximum absolute atomic E-state index is 12.7. The first-order chi connectivity index (χ1) is 12.2. The van der Waals surface area contributed by atoms with Gasteiger partial charge in [0.2, 0.25) is 5.88 Å². The Morgan fingerprint density at radius 1 is 1.38 bits per heavy atom. The molecule has 0 aliphatic heterocycles. The molecular formula is C19H29N5O2. The highest BCUT2D eigenvalue weighted by Crippen LogP contribution is 2.32. The number of hydrogen-bond donors (Lipinski definition) is 1. The highest BCUT2D eigenvalue weighted by molar-refractivity contribution is 5.92. The van der Waals surface area contributed by atoms with Crippen LogP contribution in [0.4, 0.5) is 0 Å². The first-order valence-corrected chi connectivity index (χ1v) is 9.25. The van der Waals surface area contributed by atoms with Gasteiger partial charge in [-0.05, 0) is 53.9 Å². The third-order valence-electron chi connectivity index (χ3n) is 4.55. The summed E-state index contributed by atoms with van der Waals surface area (Å²) in [7, 11) is 1.78. The van der Waals surface area contributed by atoms with Crippen LogP contribution in [0.5, 0.6) is 5.88 Å². The van der Waals surface area contributed by atoms with Gasteiger partial charge in [-0.3, -0.25) is 9.48 Å². The predicted octanol–water partition coefficient (Wildman–Crippen LogP) is 2.97. The predicted molar refractivity (Wildman–Crippen MR) is 99.3 cm³/mol. The van der Waals surface area contributed by atoms with Gasteiger partial charge in [-0.15, -0.1) is 0 Å². The number of carbonyl (C=O) groups excluding carboxylic acids is 1. The molecule has 2 heterocycles. The van der Waals surface area contributed by atoms with Gasteiger partial charge in [0.05, 0.1) is 23.9 Å². The van der Waals surface area contributed by atoms with E-state index in [1.165, 1.54) is 5.69 Å². The molecule has 0 fully saturated rings. The molecule has 1 aliphatic carbocycles. The lowest BCUT2D eigenvalue weighted by Gasteiger charge is -2.28. The second kappa shape index (κ2) is 6.78. The topological polar surface area (TPSA) is 74.0 Å². The van der Waals surface area contributed by atoms with E-state index in [-0.39, 0.29) is 23.6 Å². The van der Waals surface area contributed by atoms with Gasteiger partial charge < -0.3 is 10.1 Å². The van der Waals surface area contributed by atoms with Crippen LogP contribution in [0.3, 0.4) is 0 Å². The molecule has 1 aliphatic rings. The minimum absolute atomic E-state index is 0.0289. The Morgan fingerprint density at radius 2 is 2.12 bits per heavy atom. The number of nitrogens with zero attached hydrogens (tertiary/aromatic N) is 4. The fourth-order valence-corrected chi connectivity index (χ4v) is 3.43. The molecule has 3 rings (SSSR count). The van der Waals surface area contributed by atoms with Crippen molar-refractivity contribution >= 4 is 5.91 Å². The third kappa shape index (κ3) is 3.61. The summed E-state index contributed by atoms with van der Waals surface area (Å²) in [6.45, 7) is 10.3. The molecule has 0 radical (unpaired) electrons. The summed E-state index contributed by atoms with van der Waals surface area (Å²) in [6, 6.07) is 1.66. The minimum Gasteiger partial charge on any atom is -0.475 e. The summed E-state index contributed by atoms with van der Waals surface area (Å²) >= 11 is 0. The summed E-state index contributed by atoms with van der Waals surface area (Å²) in [5, 5.41) is 12.0. The number of aromatic nitrogens is 4. The van der Waals surface area contributed by atoms with Crippen LogP contribution >= 0.6 is 0 Å². The largest absolute Gasteiger partial charge is 0.475 e. The monoisotopic (exact) mass is 359 g/mol. The maximum Gasteiger partial charge on any atom is 0.272 e. The zero-order chi connectivity index (χ0) is 19.1. The zero-order valence-electron chi connectivity index (χ0n) is 16.5. The summed E-state index contributed by atoms with van der Waals surface area (Å²) in [6.07, 6.45) is 4.87. The molecule has 1 N–H and O–H groups in total. The smallest absolute Gasteiger partial charge is 0.272 e. The molecule has 1 amide bonds. The average Bonchev–Trinajstić information content (AvgIpc) is 3.11. The van der Waals surface area contributed by atoms with Gasteiger partial charge in [0.25, 0.3) is 5.91 Å². The van der Waals surface area contributed by atoms with E-state index >= 15 is 0 Å². The van der Waals surface area contributed by atoms with Gasteiger partial charge in [-0.25, -0.2) is 4.68 Å². The van der Waals surface area contributed by atoms with E-state index in [2.05, 4.69) is 41.0 Å². The molecule has 142 valence electrons. The lowest BCUT2D eigenvalue weighted by molar-refractivity contribution is 0.0926. The molecule has 0 bridgehead atoms. The summed E-state index contributed by atoms with van der Waals surface area (Å²) < 4.78 is 9.35. The molecule has 7 nitrogen and oxygen atoms in total. The van der Waals surface area contributed by atoms with Crippen molar-refractivity contribution in [2.45, 2.75) is 71.6 Å². The van der Waals surface area contributed by atoms with Crippen molar-refractivity contribution in [1.29, 1.82) is 0 Å². The van der Waals surface area contributed by atoms with Gasteiger partial charge in [-0.2, -0.15) is 10.2 Å². The van der Waals surface area contributed by atoms with E-state index in [4.69, 9.17) is 4.74 Å². The molecule has 26 heavy (non-hydrogen) atoms. The van der Waals surface area contributed by atoms with Crippen molar-refractivity contribution in [2.24, 2.45) is 7.05 Å². The molecule has 2 aromatic rings. The van der Waals surface area contributed by atoms with Crippen molar-refractivity contribution in [3.8, 4) is 5.88 Å². The quantitative estimate of drug-likeness (QED) is 0.911. The SMILES string of the molecule is CC(C)Oc1cc(C(=O)NC2CCCc3c2cnn3C(C)(C)C)nn1C. The third-order valence-corrected chi connectivity index (χ3v) is 4.55. The van der Waals surface area contributed by atoms with E-state index < -0.39 is 0 Å². The highest BCUT2D eigenvalue weighted by Gasteiger charge is 2.29. The molecule has 7 heteroatoms. The zero-order valence-corrected chi connectivity index (χ0v) is 16.5. The summed E-state index contributed by atoms with van der Waals surface area (Å²) in [5.74, 6) is 0.413. The summed E-state index contributed by atoms with van der Waals surface area (Å²) in [4.78, 5) is 12.7. The van der Waals surface area contributed by atoms with Crippen LogP contribution in [0.15, 0.2) is 12.3 Å². The van der Waals surface area contributed by atoms with Crippen molar-refractivity contribution in [3.05, 3.63) is 29.2 Å². The van der Waals surface area contributed by atoms with Crippen LogP contribution in [-0.4, -0.2) is 31.6 Å². The fraction of sp³-hybridized carbons (Fsp3) is 0.632. The minimum atomic E-state index is -0.180. The van der Waals surface area contributed by atoms with Crippen LogP contribution < -0.4 is 10.1 Å². The average molecular weight is 359 g/mol. The molecule has 2 aromatic heterocycles. The first-order valence-electron chi connectivity index (χ1n) is 9.25. The molecule has 1 unspecified atom stereocenters. The lowest BCUT2D eigenvalue weighted by atomic mass is 9.92. The van der Waals surface area contributed by atoms with Crippen LogP contribution in [-0.2, 0) is 19.0 Å². The van der Waals surface area contributed by atoms with E-state index in [0.717, 1.165) is 24.8 Å². The van der Waals surface area contributed by atoms with E-state index in [1.807, 2.05) is 20.0 Å². The summed E-state index contributed by atoms with van der Waals surface area (Å²) in [5.41, 5.74) is 2.65. The Hall–Kier alpha value is -2.31. The Bertz CT molecular complexity index is 797. The number of nitrogens with one attached hydrogen (secondary N) is 1. The van der Waals surface area contributed by atoms with Gasteiger partial charge in [0.1, 0.15) is 0 Å². The van der Waals surface area contributed by atoms with Crippen LogP contribution in [0.1, 0.15) is 75.2 Å². The number of hydrogen-bond acceptors (Lipinski definition) is 4. The van der Waals surface area contributed by atoms with Crippen molar-refractivity contribution in [3.63, 3.8) is 0 Å². The van der Waals surface area contributed by atoms with Crippen molar-refractivity contribution in [2.75, 3.05) is 0 Å². The molecule has 0 aromatic carbocycles. The van der Waals surface area contributed by atoms with Crippen molar-refractivity contribution < 1.29 is 9.53 Å². The Labute approximate surface area is 154 Å². The van der Waals surface area contributed by atoms with Crippen LogP contribution in [0.2, 0.25) is 0 Å². The first kappa shape index (κ1) is 18.5. The molecule has 0 spiro atoms. The molecule has 1 atom stereocenters. The maximum atomic E-state index is 12.7. The van der Waals surface area contributed by atoms with Crippen molar-refractivity contribution in [1.82, 2.24) is 24.9 Å². The number of rotatable bonds is 4. The molecular weight excluding hydrogens is 330 g/mol. The van der Waals surface area contributed by atoms with Gasteiger partial charge >= 0.3 is 0 Å². The van der Waals surface area contributed by atoms with E-state index in [0.29, 0.717) is 11.6 Å². The Kier molecular flexibility index (Phi) is 4.82. The van der Waals surface area contributed by atoms with Gasteiger partial charge in [0.15, 0.2) is 5.69 Å². The van der Waals surface area contributed by atoms with Gasteiger partial charge in [0, 0.05) is 24.4 Å². The number of aryl methyl sites for hydroxylation is 1. The fourth-order valence-electron chi connectivity index (χ4n) is 3.43. The molecule has 0 saturated heterocycles. The van der Waals surface area contributed by atoms with E-state index in [9.17, 15) is 4.79 Å². The van der Waals surface area contributed by atoms with E-state index in [1.54, 1.807) is 17.8 Å². The number of ether oxygens (including phenoxy) is 1. The van der Waals surface area contributed by atoms with Crippen LogP contribution in [0.25, 0.3) is 0 Å². The highest BCUT2D eigenvalue weighted by atomic mass is 16.5. The number of amides is 1. The molecule has 0 saturated carbocycles. The number of carbonyl (C=O) groups is 1. The number of fused-ring (bicyclic) bond motifs is 1. The van der Waals surface area contributed by atoms with Gasteiger partial charge in [-0.1, -0.05) is 0 Å². The van der Waals surface area contributed by atoms with Crippen LogP contribution in [0, 0.1) is 0 Å². The second-order valence-electron chi connectivity index (χ2n) is 8.21. The Morgan fingerprint density at radius 3 is 2.77 bits per heavy atom.